The number of rotatable bonds is 11. The molecule has 0 aliphatic heterocycles. The SMILES string of the molecule is C=C/C=C(\C=C/C)c1ccc(O)c(/C=C/C(=O)Nc2ccc(SCc3cncn3CCC)cc2)c1. The van der Waals surface area contributed by atoms with E-state index in [9.17, 15) is 9.90 Å². The molecule has 3 aromatic rings. The molecule has 1 amide bonds. The topological polar surface area (TPSA) is 67.2 Å². The van der Waals surface area contributed by atoms with Crippen LogP contribution >= 0.6 is 11.8 Å². The number of aromatic hydroxyl groups is 1. The minimum atomic E-state index is -0.269. The van der Waals surface area contributed by atoms with Crippen molar-refractivity contribution in [3.8, 4) is 5.75 Å². The second kappa shape index (κ2) is 13.2. The highest BCUT2D eigenvalue weighted by Gasteiger charge is 2.06. The smallest absolute Gasteiger partial charge is 0.248 e. The zero-order valence-corrected chi connectivity index (χ0v) is 21.0. The maximum atomic E-state index is 12.5. The van der Waals surface area contributed by atoms with Gasteiger partial charge in [-0.15, -0.1) is 11.8 Å². The first-order chi connectivity index (χ1) is 17.0. The molecule has 0 aliphatic rings. The van der Waals surface area contributed by atoms with Crippen LogP contribution in [-0.2, 0) is 17.1 Å². The molecule has 35 heavy (non-hydrogen) atoms. The lowest BCUT2D eigenvalue weighted by Crippen LogP contribution is -2.07. The molecular formula is C29H31N3O2S. The van der Waals surface area contributed by atoms with Crippen molar-refractivity contribution in [2.24, 2.45) is 0 Å². The summed E-state index contributed by atoms with van der Waals surface area (Å²) in [7, 11) is 0. The van der Waals surface area contributed by atoms with Crippen molar-refractivity contribution in [3.05, 3.63) is 109 Å². The highest BCUT2D eigenvalue weighted by molar-refractivity contribution is 7.98. The Bertz CT molecular complexity index is 1240. The Kier molecular flexibility index (Phi) is 9.75. The summed E-state index contributed by atoms with van der Waals surface area (Å²) in [6.45, 7) is 8.82. The predicted octanol–water partition coefficient (Wildman–Crippen LogP) is 7.09. The highest BCUT2D eigenvalue weighted by Crippen LogP contribution is 2.26. The first kappa shape index (κ1) is 25.8. The van der Waals surface area contributed by atoms with Gasteiger partial charge in [0.05, 0.1) is 6.33 Å². The number of nitrogens with one attached hydrogen (secondary N) is 1. The number of benzene rings is 2. The van der Waals surface area contributed by atoms with Crippen LogP contribution < -0.4 is 5.32 Å². The van der Waals surface area contributed by atoms with Crippen molar-refractivity contribution >= 4 is 35.0 Å². The lowest BCUT2D eigenvalue weighted by Gasteiger charge is -2.08. The average Bonchev–Trinajstić information content (AvgIpc) is 3.30. The van der Waals surface area contributed by atoms with Gasteiger partial charge in [0.1, 0.15) is 5.75 Å². The molecule has 0 spiro atoms. The van der Waals surface area contributed by atoms with Gasteiger partial charge in [0, 0.05) is 46.4 Å². The molecule has 0 bridgehead atoms. The third-order valence-corrected chi connectivity index (χ3v) is 6.24. The molecule has 0 radical (unpaired) electrons. The summed E-state index contributed by atoms with van der Waals surface area (Å²) in [4.78, 5) is 17.8. The Morgan fingerprint density at radius 1 is 1.20 bits per heavy atom. The van der Waals surface area contributed by atoms with Crippen LogP contribution in [0.5, 0.6) is 5.75 Å². The Morgan fingerprint density at radius 2 is 2.00 bits per heavy atom. The van der Waals surface area contributed by atoms with Gasteiger partial charge in [-0.1, -0.05) is 43.9 Å². The molecule has 3 rings (SSSR count). The van der Waals surface area contributed by atoms with E-state index in [-0.39, 0.29) is 11.7 Å². The quantitative estimate of drug-likeness (QED) is 0.173. The number of anilines is 1. The molecule has 2 aromatic carbocycles. The maximum Gasteiger partial charge on any atom is 0.248 e. The van der Waals surface area contributed by atoms with E-state index in [2.05, 4.69) is 28.4 Å². The fourth-order valence-electron chi connectivity index (χ4n) is 3.47. The lowest BCUT2D eigenvalue weighted by atomic mass is 10.0. The number of phenols is 1. The predicted molar refractivity (Wildman–Crippen MR) is 147 cm³/mol. The summed E-state index contributed by atoms with van der Waals surface area (Å²) >= 11 is 1.73. The van der Waals surface area contributed by atoms with E-state index < -0.39 is 0 Å². The second-order valence-electron chi connectivity index (χ2n) is 7.85. The summed E-state index contributed by atoms with van der Waals surface area (Å²) in [5.74, 6) is 0.682. The van der Waals surface area contributed by atoms with Gasteiger partial charge in [-0.25, -0.2) is 4.98 Å². The Labute approximate surface area is 211 Å². The molecule has 2 N–H and O–H groups in total. The zero-order valence-electron chi connectivity index (χ0n) is 20.1. The van der Waals surface area contributed by atoms with Crippen LogP contribution in [-0.4, -0.2) is 20.6 Å². The minimum absolute atomic E-state index is 0.109. The number of phenolic OH excluding ortho intramolecular Hbond substituents is 1. The van der Waals surface area contributed by atoms with Crippen LogP contribution in [0.15, 0.2) is 96.8 Å². The standard InChI is InChI=1S/C29H31N3O2S/c1-4-7-22(8-5-2)23-9-15-28(33)24(18-23)10-16-29(34)31-25-11-13-27(14-12-25)35-20-26-19-30-21-32(26)17-6-3/h4-5,7-16,18-19,21,33H,1,6,17,20H2,2-3H3,(H,31,34)/b8-5-,16-10+,22-7+. The number of aromatic nitrogens is 2. The van der Waals surface area contributed by atoms with E-state index in [1.54, 1.807) is 30.0 Å². The number of nitrogens with zero attached hydrogens (tertiary/aromatic N) is 2. The van der Waals surface area contributed by atoms with Gasteiger partial charge in [-0.3, -0.25) is 4.79 Å². The van der Waals surface area contributed by atoms with Gasteiger partial charge in [-0.05, 0) is 67.0 Å². The Hall–Kier alpha value is -3.77. The number of carbonyl (C=O) groups is 1. The van der Waals surface area contributed by atoms with Crippen LogP contribution in [0.1, 0.15) is 37.1 Å². The fraction of sp³-hybridized carbons (Fsp3) is 0.172. The van der Waals surface area contributed by atoms with Crippen molar-refractivity contribution in [3.63, 3.8) is 0 Å². The van der Waals surface area contributed by atoms with Gasteiger partial charge in [0.25, 0.3) is 0 Å². The number of thioether (sulfide) groups is 1. The molecule has 0 fully saturated rings. The van der Waals surface area contributed by atoms with E-state index in [1.165, 1.54) is 11.8 Å². The first-order valence-corrected chi connectivity index (χ1v) is 12.5. The van der Waals surface area contributed by atoms with Crippen LogP contribution in [0, 0.1) is 0 Å². The first-order valence-electron chi connectivity index (χ1n) is 11.5. The molecule has 0 unspecified atom stereocenters. The van der Waals surface area contributed by atoms with Gasteiger partial charge in [0.2, 0.25) is 5.91 Å². The van der Waals surface area contributed by atoms with Crippen LogP contribution in [0.4, 0.5) is 5.69 Å². The Morgan fingerprint density at radius 3 is 2.71 bits per heavy atom. The van der Waals surface area contributed by atoms with E-state index in [1.807, 2.05) is 74.1 Å². The van der Waals surface area contributed by atoms with Crippen LogP contribution in [0.2, 0.25) is 0 Å². The normalized spacial score (nSPS) is 11.9. The molecule has 1 aromatic heterocycles. The van der Waals surface area contributed by atoms with Crippen LogP contribution in [0.25, 0.3) is 11.6 Å². The lowest BCUT2D eigenvalue weighted by molar-refractivity contribution is -0.111. The van der Waals surface area contributed by atoms with Crippen molar-refractivity contribution in [1.82, 2.24) is 9.55 Å². The Balaban J connectivity index is 1.61. The molecule has 0 saturated heterocycles. The van der Waals surface area contributed by atoms with Crippen molar-refractivity contribution < 1.29 is 9.90 Å². The minimum Gasteiger partial charge on any atom is -0.507 e. The number of hydrogen-bond acceptors (Lipinski definition) is 4. The van der Waals surface area contributed by atoms with Crippen molar-refractivity contribution in [1.29, 1.82) is 0 Å². The second-order valence-corrected chi connectivity index (χ2v) is 8.89. The zero-order chi connectivity index (χ0) is 25.0. The number of hydrogen-bond donors (Lipinski definition) is 2. The van der Waals surface area contributed by atoms with Crippen molar-refractivity contribution in [2.45, 2.75) is 37.5 Å². The number of imidazole rings is 1. The van der Waals surface area contributed by atoms with Gasteiger partial charge in [-0.2, -0.15) is 0 Å². The fourth-order valence-corrected chi connectivity index (χ4v) is 4.36. The van der Waals surface area contributed by atoms with E-state index in [0.29, 0.717) is 11.3 Å². The summed E-state index contributed by atoms with van der Waals surface area (Å²) < 4.78 is 2.18. The largest absolute Gasteiger partial charge is 0.507 e. The third-order valence-electron chi connectivity index (χ3n) is 5.19. The number of carbonyl (C=O) groups excluding carboxylic acids is 1. The van der Waals surface area contributed by atoms with E-state index in [4.69, 9.17) is 0 Å². The monoisotopic (exact) mass is 485 g/mol. The maximum absolute atomic E-state index is 12.5. The number of amides is 1. The summed E-state index contributed by atoms with van der Waals surface area (Å²) in [6.07, 6.45) is 15.4. The molecule has 0 atom stereocenters. The summed E-state index contributed by atoms with van der Waals surface area (Å²) in [5, 5.41) is 13.1. The van der Waals surface area contributed by atoms with Crippen molar-refractivity contribution in [2.75, 3.05) is 5.32 Å². The van der Waals surface area contributed by atoms with E-state index in [0.717, 1.165) is 34.8 Å². The van der Waals surface area contributed by atoms with Gasteiger partial charge in [0.15, 0.2) is 0 Å². The summed E-state index contributed by atoms with van der Waals surface area (Å²) in [6, 6.07) is 13.1. The van der Waals surface area contributed by atoms with Gasteiger partial charge >= 0.3 is 0 Å². The van der Waals surface area contributed by atoms with Crippen LogP contribution in [0.3, 0.4) is 0 Å². The molecule has 6 heteroatoms. The molecule has 0 saturated carbocycles. The van der Waals surface area contributed by atoms with Gasteiger partial charge < -0.3 is 15.0 Å². The number of aryl methyl sites for hydroxylation is 1. The molecular weight excluding hydrogens is 454 g/mol. The molecule has 5 nitrogen and oxygen atoms in total. The number of allylic oxidation sites excluding steroid dienone is 5. The average molecular weight is 486 g/mol. The molecule has 180 valence electrons. The van der Waals surface area contributed by atoms with E-state index >= 15 is 0 Å². The third kappa shape index (κ3) is 7.62. The molecule has 1 heterocycles. The highest BCUT2D eigenvalue weighted by atomic mass is 32.2. The summed E-state index contributed by atoms with van der Waals surface area (Å²) in [5.41, 5.74) is 4.36. The molecule has 0 aliphatic carbocycles.